The number of nitriles is 1. The molecule has 2 aromatic carbocycles. The molecule has 0 atom stereocenters. The molecule has 4 heteroatoms. The molecule has 3 nitrogen and oxygen atoms in total. The van der Waals surface area contributed by atoms with Gasteiger partial charge in [0.2, 0.25) is 0 Å². The summed E-state index contributed by atoms with van der Waals surface area (Å²) in [4.78, 5) is 0. The molecule has 0 heterocycles. The number of benzene rings is 2. The highest BCUT2D eigenvalue weighted by Gasteiger charge is 2.01. The summed E-state index contributed by atoms with van der Waals surface area (Å²) in [5, 5.41) is 8.91. The number of para-hydroxylation sites is 1. The Bertz CT molecular complexity index is 607. The highest BCUT2D eigenvalue weighted by Crippen LogP contribution is 2.17. The SMILES string of the molecule is N#Cc1ccccc1OCCCOc1cccc(F)c1. The maximum Gasteiger partial charge on any atom is 0.137 e. The van der Waals surface area contributed by atoms with Crippen LogP contribution in [0.25, 0.3) is 0 Å². The zero-order chi connectivity index (χ0) is 14.2. The lowest BCUT2D eigenvalue weighted by atomic mass is 10.2. The Morgan fingerprint density at radius 3 is 2.60 bits per heavy atom. The van der Waals surface area contributed by atoms with E-state index in [0.29, 0.717) is 36.7 Å². The molecule has 2 rings (SSSR count). The lowest BCUT2D eigenvalue weighted by Crippen LogP contribution is -2.05. The Morgan fingerprint density at radius 2 is 1.80 bits per heavy atom. The lowest BCUT2D eigenvalue weighted by Gasteiger charge is -2.08. The van der Waals surface area contributed by atoms with Gasteiger partial charge in [0.1, 0.15) is 23.4 Å². The number of halogens is 1. The third-order valence-electron chi connectivity index (χ3n) is 2.62. The van der Waals surface area contributed by atoms with E-state index in [4.69, 9.17) is 14.7 Å². The van der Waals surface area contributed by atoms with E-state index in [1.54, 1.807) is 30.3 Å². The standard InChI is InChI=1S/C16H14FNO2/c17-14-6-3-7-15(11-14)19-9-4-10-20-16-8-2-1-5-13(16)12-18/h1-3,5-8,11H,4,9-10H2. The van der Waals surface area contributed by atoms with Crippen LogP contribution in [-0.4, -0.2) is 13.2 Å². The van der Waals surface area contributed by atoms with Gasteiger partial charge in [0.15, 0.2) is 0 Å². The molecule has 102 valence electrons. The molecule has 20 heavy (non-hydrogen) atoms. The third-order valence-corrected chi connectivity index (χ3v) is 2.62. The molecule has 0 radical (unpaired) electrons. The maximum atomic E-state index is 12.9. The van der Waals surface area contributed by atoms with Crippen LogP contribution < -0.4 is 9.47 Å². The second kappa shape index (κ2) is 7.15. The highest BCUT2D eigenvalue weighted by molar-refractivity contribution is 5.42. The summed E-state index contributed by atoms with van der Waals surface area (Å²) < 4.78 is 23.8. The second-order valence-corrected chi connectivity index (χ2v) is 4.12. The van der Waals surface area contributed by atoms with Crippen LogP contribution in [0.4, 0.5) is 4.39 Å². The predicted molar refractivity (Wildman–Crippen MR) is 73.2 cm³/mol. The monoisotopic (exact) mass is 271 g/mol. The van der Waals surface area contributed by atoms with Gasteiger partial charge in [0.05, 0.1) is 18.8 Å². The smallest absolute Gasteiger partial charge is 0.137 e. The molecule has 0 saturated carbocycles. The molecule has 0 bridgehead atoms. The van der Waals surface area contributed by atoms with E-state index in [0.717, 1.165) is 0 Å². The van der Waals surface area contributed by atoms with Crippen molar-refractivity contribution in [3.05, 3.63) is 59.9 Å². The van der Waals surface area contributed by atoms with Crippen molar-refractivity contribution >= 4 is 0 Å². The molecular weight excluding hydrogens is 257 g/mol. The Labute approximate surface area is 117 Å². The molecule has 0 unspecified atom stereocenters. The molecule has 0 spiro atoms. The molecule has 0 aliphatic rings. The van der Waals surface area contributed by atoms with Crippen LogP contribution in [0, 0.1) is 17.1 Å². The number of ether oxygens (including phenoxy) is 2. The molecule has 0 aromatic heterocycles. The van der Waals surface area contributed by atoms with Crippen molar-refractivity contribution in [2.24, 2.45) is 0 Å². The van der Waals surface area contributed by atoms with Crippen LogP contribution in [0.3, 0.4) is 0 Å². The van der Waals surface area contributed by atoms with E-state index in [1.807, 2.05) is 6.07 Å². The molecule has 0 aliphatic carbocycles. The van der Waals surface area contributed by atoms with E-state index in [1.165, 1.54) is 12.1 Å². The van der Waals surface area contributed by atoms with Crippen molar-refractivity contribution in [3.63, 3.8) is 0 Å². The minimum atomic E-state index is -0.318. The van der Waals surface area contributed by atoms with Gasteiger partial charge in [-0.25, -0.2) is 4.39 Å². The minimum Gasteiger partial charge on any atom is -0.493 e. The van der Waals surface area contributed by atoms with Gasteiger partial charge in [0, 0.05) is 12.5 Å². The number of hydrogen-bond acceptors (Lipinski definition) is 3. The van der Waals surface area contributed by atoms with Crippen LogP contribution >= 0.6 is 0 Å². The Kier molecular flexibility index (Phi) is 4.96. The zero-order valence-electron chi connectivity index (χ0n) is 10.9. The number of rotatable bonds is 6. The van der Waals surface area contributed by atoms with Crippen molar-refractivity contribution in [1.82, 2.24) is 0 Å². The Morgan fingerprint density at radius 1 is 1.00 bits per heavy atom. The summed E-state index contributed by atoms with van der Waals surface area (Å²) in [6.07, 6.45) is 0.649. The quantitative estimate of drug-likeness (QED) is 0.754. The van der Waals surface area contributed by atoms with Crippen molar-refractivity contribution < 1.29 is 13.9 Å². The van der Waals surface area contributed by atoms with E-state index < -0.39 is 0 Å². The molecule has 0 aliphatic heterocycles. The average molecular weight is 271 g/mol. The topological polar surface area (TPSA) is 42.2 Å². The van der Waals surface area contributed by atoms with Crippen LogP contribution in [0.1, 0.15) is 12.0 Å². The van der Waals surface area contributed by atoms with Gasteiger partial charge in [-0.05, 0) is 24.3 Å². The van der Waals surface area contributed by atoms with Gasteiger partial charge in [-0.2, -0.15) is 5.26 Å². The first kappa shape index (κ1) is 13.9. The summed E-state index contributed by atoms with van der Waals surface area (Å²) in [5.41, 5.74) is 0.513. The van der Waals surface area contributed by atoms with Crippen molar-refractivity contribution in [2.75, 3.05) is 13.2 Å². The molecule has 0 fully saturated rings. The minimum absolute atomic E-state index is 0.318. The molecular formula is C16H14FNO2. The van der Waals surface area contributed by atoms with Crippen LogP contribution in [0.15, 0.2) is 48.5 Å². The van der Waals surface area contributed by atoms with Gasteiger partial charge >= 0.3 is 0 Å². The summed E-state index contributed by atoms with van der Waals surface area (Å²) in [7, 11) is 0. The van der Waals surface area contributed by atoms with E-state index in [9.17, 15) is 4.39 Å². The summed E-state index contributed by atoms with van der Waals surface area (Å²) in [5.74, 6) is 0.755. The van der Waals surface area contributed by atoms with Crippen LogP contribution in [0.2, 0.25) is 0 Å². The van der Waals surface area contributed by atoms with Gasteiger partial charge in [-0.15, -0.1) is 0 Å². The van der Waals surface area contributed by atoms with Gasteiger partial charge in [-0.3, -0.25) is 0 Å². The molecule has 0 N–H and O–H groups in total. The van der Waals surface area contributed by atoms with Gasteiger partial charge in [0.25, 0.3) is 0 Å². The zero-order valence-corrected chi connectivity index (χ0v) is 10.9. The van der Waals surface area contributed by atoms with Crippen molar-refractivity contribution in [3.8, 4) is 17.6 Å². The van der Waals surface area contributed by atoms with E-state index in [2.05, 4.69) is 6.07 Å². The van der Waals surface area contributed by atoms with E-state index >= 15 is 0 Å². The summed E-state index contributed by atoms with van der Waals surface area (Å²) in [6.45, 7) is 0.867. The van der Waals surface area contributed by atoms with Crippen molar-refractivity contribution in [1.29, 1.82) is 5.26 Å². The normalized spacial score (nSPS) is 9.80. The predicted octanol–water partition coefficient (Wildman–Crippen LogP) is 3.55. The molecule has 0 amide bonds. The number of hydrogen-bond donors (Lipinski definition) is 0. The number of nitrogens with zero attached hydrogens (tertiary/aromatic N) is 1. The average Bonchev–Trinajstić information content (AvgIpc) is 2.47. The van der Waals surface area contributed by atoms with Crippen LogP contribution in [-0.2, 0) is 0 Å². The van der Waals surface area contributed by atoms with Crippen molar-refractivity contribution in [2.45, 2.75) is 6.42 Å². The second-order valence-electron chi connectivity index (χ2n) is 4.12. The highest BCUT2D eigenvalue weighted by atomic mass is 19.1. The molecule has 2 aromatic rings. The third kappa shape index (κ3) is 3.99. The largest absolute Gasteiger partial charge is 0.493 e. The first-order valence-electron chi connectivity index (χ1n) is 6.30. The first-order chi connectivity index (χ1) is 9.79. The summed E-state index contributed by atoms with van der Waals surface area (Å²) in [6, 6.07) is 15.2. The fraction of sp³-hybridized carbons (Fsp3) is 0.188. The Hall–Kier alpha value is -2.54. The molecule has 0 saturated heterocycles. The lowest BCUT2D eigenvalue weighted by molar-refractivity contribution is 0.246. The fourth-order valence-electron chi connectivity index (χ4n) is 1.67. The summed E-state index contributed by atoms with van der Waals surface area (Å²) >= 11 is 0. The Balaban J connectivity index is 1.73. The van der Waals surface area contributed by atoms with Gasteiger partial charge in [-0.1, -0.05) is 18.2 Å². The fourth-order valence-corrected chi connectivity index (χ4v) is 1.67. The van der Waals surface area contributed by atoms with E-state index in [-0.39, 0.29) is 5.82 Å². The van der Waals surface area contributed by atoms with Crippen LogP contribution in [0.5, 0.6) is 11.5 Å². The van der Waals surface area contributed by atoms with Gasteiger partial charge < -0.3 is 9.47 Å². The first-order valence-corrected chi connectivity index (χ1v) is 6.30. The maximum absolute atomic E-state index is 12.9.